The van der Waals surface area contributed by atoms with Crippen LogP contribution in [0.5, 0.6) is 5.75 Å². The minimum Gasteiger partial charge on any atom is -0.507 e. The van der Waals surface area contributed by atoms with Gasteiger partial charge in [0, 0.05) is 12.1 Å². The predicted octanol–water partition coefficient (Wildman–Crippen LogP) is 3.16. The SMILES string of the molecule is O=C1NN(c2ccc(F)cc2)C(=O)C1=Cc1ccc(-c2cc([N+](=O)[O-])ccc2O)o1. The zero-order valence-electron chi connectivity index (χ0n) is 15.0. The molecule has 1 aromatic heterocycles. The van der Waals surface area contributed by atoms with Gasteiger partial charge in [-0.1, -0.05) is 0 Å². The number of phenolic OH excluding ortho intramolecular Hbond substituents is 1. The molecule has 1 saturated heterocycles. The van der Waals surface area contributed by atoms with Crippen LogP contribution in [0.15, 0.2) is 64.6 Å². The van der Waals surface area contributed by atoms with E-state index < -0.39 is 22.6 Å². The summed E-state index contributed by atoms with van der Waals surface area (Å²) in [5, 5.41) is 21.9. The first-order valence-corrected chi connectivity index (χ1v) is 8.54. The summed E-state index contributed by atoms with van der Waals surface area (Å²) in [7, 11) is 0. The molecule has 0 saturated carbocycles. The van der Waals surface area contributed by atoms with E-state index in [0.29, 0.717) is 0 Å². The molecule has 30 heavy (non-hydrogen) atoms. The number of nitrogens with one attached hydrogen (secondary N) is 1. The van der Waals surface area contributed by atoms with Crippen LogP contribution in [0.3, 0.4) is 0 Å². The fraction of sp³-hybridized carbons (Fsp3) is 0. The predicted molar refractivity (Wildman–Crippen MR) is 102 cm³/mol. The van der Waals surface area contributed by atoms with Gasteiger partial charge in [0.05, 0.1) is 16.2 Å². The number of non-ortho nitro benzene ring substituents is 1. The summed E-state index contributed by atoms with van der Waals surface area (Å²) in [6.45, 7) is 0. The number of aromatic hydroxyl groups is 1. The van der Waals surface area contributed by atoms with Crippen molar-refractivity contribution in [3.05, 3.63) is 81.9 Å². The zero-order chi connectivity index (χ0) is 21.4. The van der Waals surface area contributed by atoms with Gasteiger partial charge in [0.25, 0.3) is 17.5 Å². The van der Waals surface area contributed by atoms with E-state index in [1.807, 2.05) is 0 Å². The number of nitrogens with zero attached hydrogens (tertiary/aromatic N) is 2. The minimum atomic E-state index is -0.680. The Morgan fingerprint density at radius 2 is 1.83 bits per heavy atom. The van der Waals surface area contributed by atoms with Crippen molar-refractivity contribution in [2.75, 3.05) is 5.01 Å². The lowest BCUT2D eigenvalue weighted by molar-refractivity contribution is -0.384. The molecule has 4 rings (SSSR count). The van der Waals surface area contributed by atoms with E-state index in [0.717, 1.165) is 29.3 Å². The van der Waals surface area contributed by atoms with E-state index in [-0.39, 0.29) is 39.8 Å². The monoisotopic (exact) mass is 409 g/mol. The van der Waals surface area contributed by atoms with Gasteiger partial charge in [0.1, 0.15) is 28.7 Å². The third kappa shape index (κ3) is 3.37. The van der Waals surface area contributed by atoms with Crippen LogP contribution in [0.4, 0.5) is 15.8 Å². The van der Waals surface area contributed by atoms with Crippen molar-refractivity contribution in [3.63, 3.8) is 0 Å². The lowest BCUT2D eigenvalue weighted by Crippen LogP contribution is -2.35. The Labute approximate surface area is 167 Å². The molecule has 0 aliphatic carbocycles. The fourth-order valence-electron chi connectivity index (χ4n) is 2.88. The maximum absolute atomic E-state index is 13.1. The normalized spacial score (nSPS) is 15.0. The number of hydrazine groups is 1. The highest BCUT2D eigenvalue weighted by atomic mass is 19.1. The van der Waals surface area contributed by atoms with E-state index in [4.69, 9.17) is 4.42 Å². The summed E-state index contributed by atoms with van der Waals surface area (Å²) in [4.78, 5) is 35.1. The van der Waals surface area contributed by atoms with E-state index in [9.17, 15) is 29.2 Å². The smallest absolute Gasteiger partial charge is 0.282 e. The molecule has 1 fully saturated rings. The second kappa shape index (κ2) is 7.17. The molecular weight excluding hydrogens is 397 g/mol. The van der Waals surface area contributed by atoms with Crippen molar-refractivity contribution in [3.8, 4) is 17.1 Å². The van der Waals surface area contributed by atoms with Crippen LogP contribution in [0.1, 0.15) is 5.76 Å². The van der Waals surface area contributed by atoms with Crippen LogP contribution in [0.25, 0.3) is 17.4 Å². The van der Waals surface area contributed by atoms with Crippen LogP contribution in [-0.2, 0) is 9.59 Å². The number of benzene rings is 2. The molecule has 2 amide bonds. The molecule has 0 spiro atoms. The van der Waals surface area contributed by atoms with Gasteiger partial charge in [-0.05, 0) is 48.5 Å². The molecule has 0 radical (unpaired) electrons. The quantitative estimate of drug-likeness (QED) is 0.295. The Hall–Kier alpha value is -4.47. The molecule has 10 heteroatoms. The van der Waals surface area contributed by atoms with E-state index >= 15 is 0 Å². The Kier molecular flexibility index (Phi) is 4.51. The molecule has 0 bridgehead atoms. The van der Waals surface area contributed by atoms with Gasteiger partial charge in [-0.3, -0.25) is 25.1 Å². The molecule has 1 aliphatic heterocycles. The van der Waals surface area contributed by atoms with Crippen molar-refractivity contribution < 1.29 is 28.4 Å². The van der Waals surface area contributed by atoms with Gasteiger partial charge in [0.2, 0.25) is 0 Å². The summed E-state index contributed by atoms with van der Waals surface area (Å²) < 4.78 is 18.6. The van der Waals surface area contributed by atoms with Crippen molar-refractivity contribution >= 4 is 29.3 Å². The number of phenols is 1. The summed E-state index contributed by atoms with van der Waals surface area (Å²) in [6, 6.07) is 11.3. The lowest BCUT2D eigenvalue weighted by Gasteiger charge is -2.14. The standard InChI is InChI=1S/C20H12FN3O6/c21-11-1-3-12(4-2-11)23-20(27)16(19(26)22-23)10-14-6-8-18(30-14)15-9-13(24(28)29)5-7-17(15)25/h1-10,25H,(H,22,26). The van der Waals surface area contributed by atoms with Crippen molar-refractivity contribution in [1.82, 2.24) is 5.43 Å². The Morgan fingerprint density at radius 1 is 1.10 bits per heavy atom. The molecule has 2 heterocycles. The number of rotatable bonds is 4. The summed E-state index contributed by atoms with van der Waals surface area (Å²) in [6.07, 6.45) is 1.21. The molecule has 9 nitrogen and oxygen atoms in total. The van der Waals surface area contributed by atoms with E-state index in [1.54, 1.807) is 0 Å². The molecule has 3 aromatic rings. The number of nitro groups is 1. The Balaban J connectivity index is 1.64. The van der Waals surface area contributed by atoms with Crippen LogP contribution in [0.2, 0.25) is 0 Å². The number of nitro benzene ring substituents is 1. The first-order chi connectivity index (χ1) is 14.3. The van der Waals surface area contributed by atoms with Gasteiger partial charge in [-0.25, -0.2) is 9.40 Å². The maximum atomic E-state index is 13.1. The van der Waals surface area contributed by atoms with Crippen LogP contribution in [0, 0.1) is 15.9 Å². The van der Waals surface area contributed by atoms with E-state index in [2.05, 4.69) is 5.43 Å². The molecule has 2 aromatic carbocycles. The number of furan rings is 1. The maximum Gasteiger partial charge on any atom is 0.282 e. The molecule has 150 valence electrons. The highest BCUT2D eigenvalue weighted by molar-refractivity contribution is 6.31. The number of carbonyl (C=O) groups excluding carboxylic acids is 2. The summed E-state index contributed by atoms with van der Waals surface area (Å²) >= 11 is 0. The summed E-state index contributed by atoms with van der Waals surface area (Å²) in [5.41, 5.74) is 2.28. The number of carbonyl (C=O) groups is 2. The van der Waals surface area contributed by atoms with Crippen molar-refractivity contribution in [2.24, 2.45) is 0 Å². The average molecular weight is 409 g/mol. The minimum absolute atomic E-state index is 0.0870. The number of anilines is 1. The zero-order valence-corrected chi connectivity index (χ0v) is 15.0. The second-order valence-electron chi connectivity index (χ2n) is 6.28. The largest absolute Gasteiger partial charge is 0.507 e. The second-order valence-corrected chi connectivity index (χ2v) is 6.28. The number of hydrogen-bond acceptors (Lipinski definition) is 6. The number of hydrogen-bond donors (Lipinski definition) is 2. The molecule has 1 aliphatic rings. The van der Waals surface area contributed by atoms with Crippen molar-refractivity contribution in [1.29, 1.82) is 0 Å². The van der Waals surface area contributed by atoms with Crippen LogP contribution < -0.4 is 10.4 Å². The number of halogens is 1. The topological polar surface area (TPSA) is 126 Å². The van der Waals surface area contributed by atoms with Gasteiger partial charge < -0.3 is 9.52 Å². The molecule has 0 atom stereocenters. The third-order valence-corrected chi connectivity index (χ3v) is 4.35. The van der Waals surface area contributed by atoms with Gasteiger partial charge in [-0.15, -0.1) is 0 Å². The average Bonchev–Trinajstić information content (AvgIpc) is 3.29. The highest BCUT2D eigenvalue weighted by Gasteiger charge is 2.34. The van der Waals surface area contributed by atoms with Crippen molar-refractivity contribution in [2.45, 2.75) is 0 Å². The third-order valence-electron chi connectivity index (χ3n) is 4.35. The van der Waals surface area contributed by atoms with Crippen LogP contribution >= 0.6 is 0 Å². The first-order valence-electron chi connectivity index (χ1n) is 8.54. The molecular formula is C20H12FN3O6. The molecule has 0 unspecified atom stereocenters. The first kappa shape index (κ1) is 18.9. The highest BCUT2D eigenvalue weighted by Crippen LogP contribution is 2.34. The fourth-order valence-corrected chi connectivity index (χ4v) is 2.88. The number of amides is 2. The van der Waals surface area contributed by atoms with Gasteiger partial charge in [0.15, 0.2) is 0 Å². The van der Waals surface area contributed by atoms with Gasteiger partial charge >= 0.3 is 0 Å². The van der Waals surface area contributed by atoms with E-state index in [1.165, 1.54) is 36.4 Å². The Bertz CT molecular complexity index is 1220. The Morgan fingerprint density at radius 3 is 2.53 bits per heavy atom. The molecule has 2 N–H and O–H groups in total. The lowest BCUT2D eigenvalue weighted by atomic mass is 10.1. The van der Waals surface area contributed by atoms with Gasteiger partial charge in [-0.2, -0.15) is 0 Å². The van der Waals surface area contributed by atoms with Crippen LogP contribution in [-0.4, -0.2) is 21.8 Å². The summed E-state index contributed by atoms with van der Waals surface area (Å²) in [5.74, 6) is -1.82.